The lowest BCUT2D eigenvalue weighted by Gasteiger charge is -2.19. The highest BCUT2D eigenvalue weighted by atomic mass is 35.5. The minimum atomic E-state index is -0.0868. The molecule has 2 rings (SSSR count). The van der Waals surface area contributed by atoms with E-state index in [1.54, 1.807) is 7.11 Å². The fourth-order valence-corrected chi connectivity index (χ4v) is 2.36. The highest BCUT2D eigenvalue weighted by molar-refractivity contribution is 6.31. The zero-order chi connectivity index (χ0) is 16.7. The molecule has 0 spiro atoms. The molecule has 23 heavy (non-hydrogen) atoms. The van der Waals surface area contributed by atoms with Crippen LogP contribution >= 0.6 is 11.6 Å². The molecular formula is C19H23ClO3. The third kappa shape index (κ3) is 5.15. The molecule has 4 heteroatoms. The molecule has 0 radical (unpaired) electrons. The van der Waals surface area contributed by atoms with Gasteiger partial charge in [0, 0.05) is 31.2 Å². The van der Waals surface area contributed by atoms with Crippen LogP contribution in [0.15, 0.2) is 42.5 Å². The van der Waals surface area contributed by atoms with E-state index in [2.05, 4.69) is 0 Å². The number of hydrogen-bond donors (Lipinski definition) is 0. The molecule has 0 N–H and O–H groups in total. The largest absolute Gasteiger partial charge is 0.490 e. The molecule has 0 aromatic heterocycles. The molecule has 2 aromatic rings. The third-order valence-electron chi connectivity index (χ3n) is 3.55. The molecule has 3 nitrogen and oxygen atoms in total. The van der Waals surface area contributed by atoms with Crippen molar-refractivity contribution in [2.45, 2.75) is 26.4 Å². The van der Waals surface area contributed by atoms with E-state index >= 15 is 0 Å². The second kappa shape index (κ2) is 8.80. The van der Waals surface area contributed by atoms with Crippen molar-refractivity contribution in [2.75, 3.05) is 20.3 Å². The van der Waals surface area contributed by atoms with Gasteiger partial charge in [0.05, 0.1) is 6.61 Å². The summed E-state index contributed by atoms with van der Waals surface area (Å²) < 4.78 is 17.0. The van der Waals surface area contributed by atoms with Crippen LogP contribution in [0.4, 0.5) is 0 Å². The van der Waals surface area contributed by atoms with Gasteiger partial charge in [0.15, 0.2) is 11.5 Å². The summed E-state index contributed by atoms with van der Waals surface area (Å²) in [6.45, 7) is 5.21. The molecule has 0 fully saturated rings. The van der Waals surface area contributed by atoms with Crippen LogP contribution in [0.2, 0.25) is 5.02 Å². The molecule has 0 aliphatic rings. The van der Waals surface area contributed by atoms with Gasteiger partial charge in [0.1, 0.15) is 6.10 Å². The van der Waals surface area contributed by atoms with Crippen molar-refractivity contribution in [1.29, 1.82) is 0 Å². The molecule has 2 aromatic carbocycles. The standard InChI is InChI=1S/C19H23ClO3/c1-14-12-18(22-11-7-10-21-3)19(13-17(14)20)23-15(2)16-8-5-4-6-9-16/h4-6,8-9,12-13,15H,7,10-11H2,1-3H3. The Morgan fingerprint density at radius 1 is 1.04 bits per heavy atom. The highest BCUT2D eigenvalue weighted by Gasteiger charge is 2.13. The Labute approximate surface area is 143 Å². The van der Waals surface area contributed by atoms with Gasteiger partial charge in [0.25, 0.3) is 0 Å². The third-order valence-corrected chi connectivity index (χ3v) is 3.96. The van der Waals surface area contributed by atoms with Crippen molar-refractivity contribution in [1.82, 2.24) is 0 Å². The van der Waals surface area contributed by atoms with Gasteiger partial charge in [-0.2, -0.15) is 0 Å². The van der Waals surface area contributed by atoms with Crippen LogP contribution in [0.3, 0.4) is 0 Å². The minimum absolute atomic E-state index is 0.0868. The van der Waals surface area contributed by atoms with Gasteiger partial charge in [-0.25, -0.2) is 0 Å². The topological polar surface area (TPSA) is 27.7 Å². The van der Waals surface area contributed by atoms with Gasteiger partial charge in [-0.1, -0.05) is 41.9 Å². The zero-order valence-electron chi connectivity index (χ0n) is 13.8. The normalized spacial score (nSPS) is 12.0. The molecular weight excluding hydrogens is 312 g/mol. The molecule has 0 bridgehead atoms. The van der Waals surface area contributed by atoms with E-state index in [-0.39, 0.29) is 6.10 Å². The Morgan fingerprint density at radius 2 is 1.78 bits per heavy atom. The van der Waals surface area contributed by atoms with E-state index in [4.69, 9.17) is 25.8 Å². The predicted molar refractivity (Wildman–Crippen MR) is 93.7 cm³/mol. The molecule has 0 amide bonds. The summed E-state index contributed by atoms with van der Waals surface area (Å²) in [5, 5.41) is 0.671. The molecule has 124 valence electrons. The van der Waals surface area contributed by atoms with Crippen LogP contribution in [0.25, 0.3) is 0 Å². The smallest absolute Gasteiger partial charge is 0.163 e. The van der Waals surface area contributed by atoms with Gasteiger partial charge in [-0.3, -0.25) is 0 Å². The van der Waals surface area contributed by atoms with Crippen LogP contribution in [-0.4, -0.2) is 20.3 Å². The van der Waals surface area contributed by atoms with E-state index in [0.29, 0.717) is 29.7 Å². The van der Waals surface area contributed by atoms with Crippen molar-refractivity contribution < 1.29 is 14.2 Å². The number of halogens is 1. The van der Waals surface area contributed by atoms with E-state index in [9.17, 15) is 0 Å². The Hall–Kier alpha value is -1.71. The number of ether oxygens (including phenoxy) is 3. The summed E-state index contributed by atoms with van der Waals surface area (Å²) in [7, 11) is 1.68. The SMILES string of the molecule is COCCCOc1cc(C)c(Cl)cc1OC(C)c1ccccc1. The van der Waals surface area contributed by atoms with Gasteiger partial charge < -0.3 is 14.2 Å². The summed E-state index contributed by atoms with van der Waals surface area (Å²) >= 11 is 6.24. The Kier molecular flexibility index (Phi) is 6.75. The van der Waals surface area contributed by atoms with Crippen molar-refractivity contribution in [3.63, 3.8) is 0 Å². The average Bonchev–Trinajstić information content (AvgIpc) is 2.56. The van der Waals surface area contributed by atoms with Crippen LogP contribution in [0.5, 0.6) is 11.5 Å². The Balaban J connectivity index is 2.13. The highest BCUT2D eigenvalue weighted by Crippen LogP contribution is 2.36. The summed E-state index contributed by atoms with van der Waals surface area (Å²) in [5.41, 5.74) is 2.07. The quantitative estimate of drug-likeness (QED) is 0.621. The predicted octanol–water partition coefficient (Wildman–Crippen LogP) is 5.20. The monoisotopic (exact) mass is 334 g/mol. The number of methoxy groups -OCH3 is 1. The summed E-state index contributed by atoms with van der Waals surface area (Å²) in [4.78, 5) is 0. The second-order valence-electron chi connectivity index (χ2n) is 5.41. The second-order valence-corrected chi connectivity index (χ2v) is 5.82. The van der Waals surface area contributed by atoms with Crippen LogP contribution in [0, 0.1) is 6.92 Å². The van der Waals surface area contributed by atoms with Crippen LogP contribution in [0.1, 0.15) is 30.6 Å². The Morgan fingerprint density at radius 3 is 2.48 bits per heavy atom. The first-order chi connectivity index (χ1) is 11.1. The minimum Gasteiger partial charge on any atom is -0.490 e. The molecule has 1 unspecified atom stereocenters. The van der Waals surface area contributed by atoms with E-state index in [0.717, 1.165) is 17.5 Å². The maximum Gasteiger partial charge on any atom is 0.163 e. The lowest BCUT2D eigenvalue weighted by molar-refractivity contribution is 0.166. The number of hydrogen-bond acceptors (Lipinski definition) is 3. The molecule has 0 saturated carbocycles. The van der Waals surface area contributed by atoms with Gasteiger partial charge in [0.2, 0.25) is 0 Å². The van der Waals surface area contributed by atoms with Gasteiger partial charge in [-0.15, -0.1) is 0 Å². The first-order valence-electron chi connectivity index (χ1n) is 7.75. The van der Waals surface area contributed by atoms with Crippen LogP contribution < -0.4 is 9.47 Å². The number of rotatable bonds is 8. The van der Waals surface area contributed by atoms with Crippen molar-refractivity contribution in [3.05, 3.63) is 58.6 Å². The first-order valence-corrected chi connectivity index (χ1v) is 8.13. The van der Waals surface area contributed by atoms with Crippen molar-refractivity contribution in [2.24, 2.45) is 0 Å². The molecule has 0 saturated heterocycles. The fourth-order valence-electron chi connectivity index (χ4n) is 2.21. The van der Waals surface area contributed by atoms with Gasteiger partial charge >= 0.3 is 0 Å². The van der Waals surface area contributed by atoms with Gasteiger partial charge in [-0.05, 0) is 31.0 Å². The van der Waals surface area contributed by atoms with E-state index in [1.165, 1.54) is 0 Å². The summed E-state index contributed by atoms with van der Waals surface area (Å²) in [5.74, 6) is 1.38. The van der Waals surface area contributed by atoms with Crippen molar-refractivity contribution >= 4 is 11.6 Å². The van der Waals surface area contributed by atoms with E-state index < -0.39 is 0 Å². The zero-order valence-corrected chi connectivity index (χ0v) is 14.6. The molecule has 0 heterocycles. The summed E-state index contributed by atoms with van der Waals surface area (Å²) in [6, 6.07) is 13.8. The maximum absolute atomic E-state index is 6.24. The average molecular weight is 335 g/mol. The number of aryl methyl sites for hydroxylation is 1. The lowest BCUT2D eigenvalue weighted by Crippen LogP contribution is -2.07. The van der Waals surface area contributed by atoms with Crippen molar-refractivity contribution in [3.8, 4) is 11.5 Å². The maximum atomic E-state index is 6.24. The molecule has 0 aliphatic carbocycles. The fraction of sp³-hybridized carbons (Fsp3) is 0.368. The molecule has 0 aliphatic heterocycles. The van der Waals surface area contributed by atoms with E-state index in [1.807, 2.05) is 56.3 Å². The first kappa shape index (κ1) is 17.6. The molecule has 1 atom stereocenters. The Bertz CT molecular complexity index is 614. The van der Waals surface area contributed by atoms with Crippen LogP contribution in [-0.2, 0) is 4.74 Å². The number of benzene rings is 2. The lowest BCUT2D eigenvalue weighted by atomic mass is 10.1. The summed E-state index contributed by atoms with van der Waals surface area (Å²) in [6.07, 6.45) is 0.738.